The number of carbonyl (C=O) groups is 1. The summed E-state index contributed by atoms with van der Waals surface area (Å²) in [7, 11) is 6.96. The van der Waals surface area contributed by atoms with Crippen molar-refractivity contribution in [2.45, 2.75) is 105 Å². The Balaban J connectivity index is 1.70. The van der Waals surface area contributed by atoms with Gasteiger partial charge >= 0.3 is 6.09 Å². The first kappa shape index (κ1) is 43.8. The van der Waals surface area contributed by atoms with E-state index in [1.165, 1.54) is 21.2 Å². The molecule has 4 aromatic rings. The van der Waals surface area contributed by atoms with Gasteiger partial charge in [-0.15, -0.1) is 0 Å². The molecule has 1 aliphatic heterocycles. The topological polar surface area (TPSA) is 66.5 Å². The van der Waals surface area contributed by atoms with E-state index < -0.39 is 13.5 Å². The lowest BCUT2D eigenvalue weighted by atomic mass is 10.1. The van der Waals surface area contributed by atoms with E-state index in [1.807, 2.05) is 20.8 Å². The molecule has 7 nitrogen and oxygen atoms in total. The Hall–Kier alpha value is -3.36. The number of rotatable bonds is 12. The highest BCUT2D eigenvalue weighted by molar-refractivity contribution is 7.73. The van der Waals surface area contributed by atoms with Crippen LogP contribution < -0.4 is 40.2 Å². The second kappa shape index (κ2) is 18.1. The summed E-state index contributed by atoms with van der Waals surface area (Å²) < 4.78 is 29.5. The quantitative estimate of drug-likeness (QED) is 0.133. The molecule has 0 saturated carbocycles. The van der Waals surface area contributed by atoms with Crippen LogP contribution in [0.3, 0.4) is 0 Å². The molecule has 0 aromatic heterocycles. The van der Waals surface area contributed by atoms with Gasteiger partial charge in [0.1, 0.15) is 28.6 Å². The first-order valence-corrected chi connectivity index (χ1v) is 22.9. The minimum atomic E-state index is -0.927. The van der Waals surface area contributed by atoms with Crippen LogP contribution in [-0.4, -0.2) is 68.7 Å². The van der Waals surface area contributed by atoms with E-state index in [-0.39, 0.29) is 23.2 Å². The Bertz CT molecular complexity index is 1860. The number of benzene rings is 4. The Morgan fingerprint density at radius 1 is 0.607 bits per heavy atom. The van der Waals surface area contributed by atoms with Crippen molar-refractivity contribution in [3.63, 3.8) is 0 Å². The molecule has 0 N–H and O–H groups in total. The van der Waals surface area contributed by atoms with Gasteiger partial charge in [-0.2, -0.15) is 0 Å². The Kier molecular flexibility index (Phi) is 14.1. The summed E-state index contributed by atoms with van der Waals surface area (Å²) in [4.78, 5) is 16.6. The summed E-state index contributed by atoms with van der Waals surface area (Å²) in [6.45, 7) is 23.5. The average Bonchev–Trinajstić information content (AvgIpc) is 3.52. The predicted octanol–water partition coefficient (Wildman–Crippen LogP) is 9.33. The number of amides is 1. The highest BCUT2D eigenvalue weighted by Gasteiger charge is 2.45. The zero-order valence-electron chi connectivity index (χ0n) is 36.1. The number of methoxy groups -OCH3 is 4. The van der Waals surface area contributed by atoms with Crippen molar-refractivity contribution in [3.05, 3.63) is 93.0 Å². The molecule has 2 unspecified atom stereocenters. The molecule has 4 atom stereocenters. The van der Waals surface area contributed by atoms with Gasteiger partial charge in [-0.1, -0.05) is 17.2 Å². The number of hydrogen-bond donors (Lipinski definition) is 0. The molecule has 1 heterocycles. The van der Waals surface area contributed by atoms with Crippen molar-refractivity contribution in [1.29, 1.82) is 0 Å². The largest absolute Gasteiger partial charge is 0.496 e. The molecule has 5 rings (SSSR count). The van der Waals surface area contributed by atoms with Gasteiger partial charge in [-0.25, -0.2) is 4.79 Å². The zero-order chi connectivity index (χ0) is 41.2. The van der Waals surface area contributed by atoms with Crippen LogP contribution in [0.2, 0.25) is 0 Å². The lowest BCUT2D eigenvalue weighted by Crippen LogP contribution is -2.43. The fraction of sp³-hybridized carbons (Fsp3) is 0.457. The van der Waals surface area contributed by atoms with Gasteiger partial charge in [-0.3, -0.25) is 0 Å². The van der Waals surface area contributed by atoms with Crippen molar-refractivity contribution in [3.8, 4) is 23.0 Å². The van der Waals surface area contributed by atoms with Crippen LogP contribution in [0.15, 0.2) is 48.5 Å². The van der Waals surface area contributed by atoms with Crippen LogP contribution in [0.5, 0.6) is 23.0 Å². The molecule has 56 heavy (non-hydrogen) atoms. The van der Waals surface area contributed by atoms with Gasteiger partial charge in [0.25, 0.3) is 0 Å². The van der Waals surface area contributed by atoms with E-state index in [0.717, 1.165) is 73.9 Å². The van der Waals surface area contributed by atoms with Gasteiger partial charge in [0.15, 0.2) is 0 Å². The summed E-state index contributed by atoms with van der Waals surface area (Å²) in [6, 6.07) is 18.3. The van der Waals surface area contributed by atoms with Crippen molar-refractivity contribution < 1.29 is 28.5 Å². The van der Waals surface area contributed by atoms with Crippen molar-refractivity contribution >= 4 is 52.4 Å². The van der Waals surface area contributed by atoms with E-state index in [0.29, 0.717) is 23.7 Å². The lowest BCUT2D eigenvalue weighted by molar-refractivity contribution is 0.0237. The third kappa shape index (κ3) is 9.66. The van der Waals surface area contributed by atoms with E-state index in [1.54, 1.807) is 28.4 Å². The number of ether oxygens (including phenoxy) is 5. The lowest BCUT2D eigenvalue weighted by Gasteiger charge is -2.33. The number of aryl methyl sites for hydroxylation is 8. The Labute approximate surface area is 340 Å². The maximum atomic E-state index is 14.5. The number of nitrogens with zero attached hydrogens (tertiary/aromatic N) is 1. The van der Waals surface area contributed by atoms with Gasteiger partial charge < -0.3 is 28.6 Å². The fourth-order valence-corrected chi connectivity index (χ4v) is 16.0. The monoisotopic (exact) mass is 817 g/mol. The third-order valence-corrected chi connectivity index (χ3v) is 16.8. The van der Waals surface area contributed by atoms with Gasteiger partial charge in [0, 0.05) is 23.6 Å². The summed E-state index contributed by atoms with van der Waals surface area (Å²) in [5.41, 5.74) is 8.52. The Morgan fingerprint density at radius 2 is 0.929 bits per heavy atom. The minimum absolute atomic E-state index is 0.0529. The van der Waals surface area contributed by atoms with Gasteiger partial charge in [0.05, 0.1) is 28.4 Å². The molecule has 0 radical (unpaired) electrons. The second-order valence-electron chi connectivity index (χ2n) is 16.2. The summed E-state index contributed by atoms with van der Waals surface area (Å²) in [6.07, 6.45) is 0.611. The normalized spacial score (nSPS) is 16.7. The van der Waals surface area contributed by atoms with Crippen LogP contribution in [0.1, 0.15) is 71.7 Å². The molecule has 1 amide bonds. The smallest absolute Gasteiger partial charge is 0.410 e. The number of likely N-dealkylation sites (tertiary alicyclic amines) is 1. The van der Waals surface area contributed by atoms with Gasteiger partial charge in [0.2, 0.25) is 0 Å². The van der Waals surface area contributed by atoms with Crippen molar-refractivity contribution in [1.82, 2.24) is 4.90 Å². The molecule has 0 spiro atoms. The van der Waals surface area contributed by atoms with Crippen LogP contribution in [0, 0.1) is 55.4 Å². The van der Waals surface area contributed by atoms with Crippen LogP contribution >= 0.6 is 25.1 Å². The maximum absolute atomic E-state index is 14.5. The van der Waals surface area contributed by atoms with E-state index in [9.17, 15) is 4.79 Å². The summed E-state index contributed by atoms with van der Waals surface area (Å²) in [5.74, 6) is 3.69. The third-order valence-electron chi connectivity index (χ3n) is 10.5. The van der Waals surface area contributed by atoms with Crippen LogP contribution in [0.25, 0.3) is 0 Å². The highest BCUT2D eigenvalue weighted by atomic mass is 31.1. The molecular formula is C46H62NO6P3. The molecule has 4 aromatic carbocycles. The second-order valence-corrected chi connectivity index (χ2v) is 22.3. The fourth-order valence-electron chi connectivity index (χ4n) is 8.52. The maximum Gasteiger partial charge on any atom is 0.410 e. The molecule has 0 aliphatic carbocycles. The van der Waals surface area contributed by atoms with Crippen molar-refractivity contribution in [2.24, 2.45) is 0 Å². The standard InChI is InChI=1S/C46H62NO6P3/c1-26-16-34(17-27(2)40(26)49-12)54-44(55-35-18-28(3)41(50-13)29(4)19-35)39-24-38(25-47(39)45(48)53-46(9,10)11)56(36-20-30(5)42(51-14)31(6)21-36)37-22-32(7)43(52-15)33(8)23-37/h16-23,38-39,44,54-55H,24-25H2,1-15H3/t38-,39-/m0/s1. The zero-order valence-corrected chi connectivity index (χ0v) is 39.0. The van der Waals surface area contributed by atoms with E-state index in [4.69, 9.17) is 23.7 Å². The highest BCUT2D eigenvalue weighted by Crippen LogP contribution is 2.52. The molecule has 1 aliphatic rings. The first-order chi connectivity index (χ1) is 26.4. The molecular weight excluding hydrogens is 755 g/mol. The molecule has 1 saturated heterocycles. The average molecular weight is 818 g/mol. The minimum Gasteiger partial charge on any atom is -0.496 e. The Morgan fingerprint density at radius 3 is 1.23 bits per heavy atom. The molecule has 10 heteroatoms. The SMILES string of the molecule is COc1c(C)cc(PC(Pc2cc(C)c(OC)c(C)c2)[C@@H]2C[C@H](P(c3cc(C)c(OC)c(C)c3)c3cc(C)c(OC)c(C)c3)CN2C(=O)OC(C)(C)C)cc1C. The number of carbonyl (C=O) groups excluding carboxylic acids is 1. The first-order valence-electron chi connectivity index (χ1n) is 19.3. The molecule has 302 valence electrons. The summed E-state index contributed by atoms with van der Waals surface area (Å²) in [5, 5.41) is 5.29. The summed E-state index contributed by atoms with van der Waals surface area (Å²) >= 11 is 0. The van der Waals surface area contributed by atoms with Gasteiger partial charge in [-0.05, 0) is 205 Å². The van der Waals surface area contributed by atoms with Crippen LogP contribution in [0.4, 0.5) is 4.79 Å². The van der Waals surface area contributed by atoms with E-state index in [2.05, 4.69) is 109 Å². The molecule has 1 fully saturated rings. The molecule has 0 bridgehead atoms. The van der Waals surface area contributed by atoms with Crippen LogP contribution in [-0.2, 0) is 4.74 Å². The van der Waals surface area contributed by atoms with E-state index >= 15 is 0 Å². The number of hydrogen-bond acceptors (Lipinski definition) is 6. The predicted molar refractivity (Wildman–Crippen MR) is 241 cm³/mol. The van der Waals surface area contributed by atoms with Crippen molar-refractivity contribution in [2.75, 3.05) is 35.0 Å².